The summed E-state index contributed by atoms with van der Waals surface area (Å²) < 4.78 is 10.7. The second kappa shape index (κ2) is 53.5. The molecule has 0 amide bonds. The Labute approximate surface area is 386 Å². The number of unbranched alkanes of at least 4 members (excludes halogenated alkanes) is 37. The zero-order valence-corrected chi connectivity index (χ0v) is 41.6. The molecule has 0 aliphatic carbocycles. The first-order chi connectivity index (χ1) is 30.6. The molecular weight excluding hydrogens is 765 g/mol. The third-order valence-electron chi connectivity index (χ3n) is 12.4. The predicted molar refractivity (Wildman–Crippen MR) is 270 cm³/mol. The molecule has 0 saturated heterocycles. The molecule has 0 aromatic heterocycles. The number of hydrogen-bond donors (Lipinski definition) is 1. The summed E-state index contributed by atoms with van der Waals surface area (Å²) in [6.45, 7) is 4.16. The van der Waals surface area contributed by atoms with Gasteiger partial charge in [-0.05, 0) is 70.6 Å². The normalized spacial score (nSPS) is 12.4. The average molecular weight is 871 g/mol. The smallest absolute Gasteiger partial charge is 0.306 e. The summed E-state index contributed by atoms with van der Waals surface area (Å²) in [7, 11) is 0. The number of allylic oxidation sites excluding steroid dienone is 6. The maximum absolute atomic E-state index is 12.3. The van der Waals surface area contributed by atoms with E-state index in [0.717, 1.165) is 44.9 Å². The Kier molecular flexibility index (Phi) is 51.8. The first-order valence-electron chi connectivity index (χ1n) is 27.5. The van der Waals surface area contributed by atoms with E-state index in [4.69, 9.17) is 9.47 Å². The van der Waals surface area contributed by atoms with Crippen LogP contribution in [0.1, 0.15) is 296 Å². The van der Waals surface area contributed by atoms with E-state index in [1.807, 2.05) is 0 Å². The number of hydrogen-bond acceptors (Lipinski definition) is 5. The van der Waals surface area contributed by atoms with Crippen LogP contribution in [0, 0.1) is 0 Å². The van der Waals surface area contributed by atoms with E-state index in [1.54, 1.807) is 0 Å². The van der Waals surface area contributed by atoms with Crippen molar-refractivity contribution in [1.82, 2.24) is 0 Å². The van der Waals surface area contributed by atoms with Crippen molar-refractivity contribution in [3.8, 4) is 0 Å². The van der Waals surface area contributed by atoms with Crippen LogP contribution in [0.2, 0.25) is 0 Å². The number of carbonyl (C=O) groups is 2. The highest BCUT2D eigenvalue weighted by Gasteiger charge is 2.16. The fourth-order valence-electron chi connectivity index (χ4n) is 8.23. The van der Waals surface area contributed by atoms with Gasteiger partial charge >= 0.3 is 11.9 Å². The summed E-state index contributed by atoms with van der Waals surface area (Å²) in [4.78, 5) is 24.5. The van der Waals surface area contributed by atoms with E-state index in [1.165, 1.54) is 225 Å². The van der Waals surface area contributed by atoms with E-state index >= 15 is 0 Å². The molecule has 1 atom stereocenters. The van der Waals surface area contributed by atoms with Crippen molar-refractivity contribution in [2.75, 3.05) is 13.2 Å². The molecule has 364 valence electrons. The summed E-state index contributed by atoms with van der Waals surface area (Å²) in [5.74, 6) is -0.578. The van der Waals surface area contributed by atoms with Gasteiger partial charge in [-0.2, -0.15) is 0 Å². The van der Waals surface area contributed by atoms with Crippen molar-refractivity contribution < 1.29 is 24.2 Å². The van der Waals surface area contributed by atoms with Gasteiger partial charge in [0.15, 0.2) is 6.10 Å². The summed E-state index contributed by atoms with van der Waals surface area (Å²) in [5, 5.41) is 9.64. The molecule has 0 spiro atoms. The fraction of sp³-hybridized carbons (Fsp3) is 0.860. The number of carbonyl (C=O) groups excluding carboxylic acids is 2. The Morgan fingerprint density at radius 2 is 0.645 bits per heavy atom. The van der Waals surface area contributed by atoms with E-state index in [0.29, 0.717) is 12.8 Å². The Bertz CT molecular complexity index is 986. The lowest BCUT2D eigenvalue weighted by Gasteiger charge is -2.15. The van der Waals surface area contributed by atoms with Gasteiger partial charge in [0.05, 0.1) is 6.61 Å². The lowest BCUT2D eigenvalue weighted by molar-refractivity contribution is -0.161. The number of esters is 2. The third kappa shape index (κ3) is 50.8. The highest BCUT2D eigenvalue weighted by atomic mass is 16.6. The van der Waals surface area contributed by atoms with E-state index in [-0.39, 0.29) is 25.2 Å². The SMILES string of the molecule is CCCCCCC/C=C\C/C=C\CCCCCCCCCCCCCCCCCCCC(=O)OC(CO)COC(=O)CCCCCCCCCCC/C=C\CCCCCCCC. The maximum Gasteiger partial charge on any atom is 0.306 e. The van der Waals surface area contributed by atoms with Crippen molar-refractivity contribution in [3.05, 3.63) is 36.5 Å². The second-order valence-corrected chi connectivity index (χ2v) is 18.7. The zero-order chi connectivity index (χ0) is 44.9. The molecule has 1 N–H and O–H groups in total. The van der Waals surface area contributed by atoms with Gasteiger partial charge in [0, 0.05) is 12.8 Å². The Balaban J connectivity index is 3.44. The summed E-state index contributed by atoms with van der Waals surface area (Å²) >= 11 is 0. The van der Waals surface area contributed by atoms with Crippen LogP contribution >= 0.6 is 0 Å². The molecule has 0 aliphatic rings. The van der Waals surface area contributed by atoms with Gasteiger partial charge < -0.3 is 14.6 Å². The van der Waals surface area contributed by atoms with Crippen LogP contribution < -0.4 is 0 Å². The van der Waals surface area contributed by atoms with Crippen LogP contribution in [-0.4, -0.2) is 36.4 Å². The molecule has 0 radical (unpaired) electrons. The van der Waals surface area contributed by atoms with Crippen molar-refractivity contribution >= 4 is 11.9 Å². The Morgan fingerprint density at radius 1 is 0.371 bits per heavy atom. The molecule has 0 aromatic rings. The molecule has 1 unspecified atom stereocenters. The van der Waals surface area contributed by atoms with Gasteiger partial charge in [-0.1, -0.05) is 249 Å². The quantitative estimate of drug-likeness (QED) is 0.0374. The molecule has 0 saturated carbocycles. The predicted octanol–water partition coefficient (Wildman–Crippen LogP) is 18.3. The number of rotatable bonds is 51. The summed E-state index contributed by atoms with van der Waals surface area (Å²) in [6, 6.07) is 0. The lowest BCUT2D eigenvalue weighted by atomic mass is 10.0. The van der Waals surface area contributed by atoms with Crippen molar-refractivity contribution in [2.24, 2.45) is 0 Å². The third-order valence-corrected chi connectivity index (χ3v) is 12.4. The van der Waals surface area contributed by atoms with Crippen LogP contribution in [0.25, 0.3) is 0 Å². The van der Waals surface area contributed by atoms with Gasteiger partial charge in [-0.25, -0.2) is 0 Å². The molecule has 0 aliphatic heterocycles. The number of aliphatic hydroxyl groups excluding tert-OH is 1. The van der Waals surface area contributed by atoms with Crippen LogP contribution in [0.4, 0.5) is 0 Å². The molecule has 0 aromatic carbocycles. The largest absolute Gasteiger partial charge is 0.462 e. The van der Waals surface area contributed by atoms with Crippen molar-refractivity contribution in [1.29, 1.82) is 0 Å². The molecule has 0 heterocycles. The Hall–Kier alpha value is -1.88. The minimum atomic E-state index is -0.771. The topological polar surface area (TPSA) is 72.8 Å². The summed E-state index contributed by atoms with van der Waals surface area (Å²) in [6.07, 6.45) is 68.3. The zero-order valence-electron chi connectivity index (χ0n) is 41.6. The van der Waals surface area contributed by atoms with Gasteiger partial charge in [-0.15, -0.1) is 0 Å². The van der Waals surface area contributed by atoms with Crippen LogP contribution in [0.15, 0.2) is 36.5 Å². The second-order valence-electron chi connectivity index (χ2n) is 18.7. The summed E-state index contributed by atoms with van der Waals surface area (Å²) in [5.41, 5.74) is 0. The molecule has 5 heteroatoms. The molecule has 0 rings (SSSR count). The first kappa shape index (κ1) is 60.1. The molecule has 62 heavy (non-hydrogen) atoms. The molecule has 0 fully saturated rings. The lowest BCUT2D eigenvalue weighted by Crippen LogP contribution is -2.28. The maximum atomic E-state index is 12.3. The highest BCUT2D eigenvalue weighted by molar-refractivity contribution is 5.70. The Morgan fingerprint density at radius 3 is 0.968 bits per heavy atom. The minimum Gasteiger partial charge on any atom is -0.462 e. The minimum absolute atomic E-state index is 0.0629. The fourth-order valence-corrected chi connectivity index (χ4v) is 8.23. The van der Waals surface area contributed by atoms with Gasteiger partial charge in [0.1, 0.15) is 6.61 Å². The van der Waals surface area contributed by atoms with E-state index in [2.05, 4.69) is 50.3 Å². The van der Waals surface area contributed by atoms with Crippen LogP contribution in [0.5, 0.6) is 0 Å². The van der Waals surface area contributed by atoms with Gasteiger partial charge in [-0.3, -0.25) is 9.59 Å². The van der Waals surface area contributed by atoms with Crippen LogP contribution in [-0.2, 0) is 19.1 Å². The highest BCUT2D eigenvalue weighted by Crippen LogP contribution is 2.16. The number of aliphatic hydroxyl groups is 1. The number of ether oxygens (including phenoxy) is 2. The first-order valence-corrected chi connectivity index (χ1v) is 27.5. The molecular formula is C57H106O5. The molecule has 0 bridgehead atoms. The monoisotopic (exact) mass is 871 g/mol. The standard InChI is InChI=1S/C57H106O5/c1-3-5-7-9-11-13-15-17-19-21-23-24-25-26-27-28-29-30-31-32-34-36-38-40-42-44-46-48-50-52-57(60)62-55(53-58)54-61-56(59)51-49-47-45-43-41-39-37-35-33-22-20-18-16-14-12-10-8-6-4-2/h15,17-18,20-21,23,55,58H,3-14,16,19,22,24-54H2,1-2H3/b17-15-,20-18-,23-21-. The van der Waals surface area contributed by atoms with Crippen LogP contribution in [0.3, 0.4) is 0 Å². The van der Waals surface area contributed by atoms with Crippen molar-refractivity contribution in [3.63, 3.8) is 0 Å². The van der Waals surface area contributed by atoms with Crippen molar-refractivity contribution in [2.45, 2.75) is 302 Å². The van der Waals surface area contributed by atoms with Gasteiger partial charge in [0.2, 0.25) is 0 Å². The van der Waals surface area contributed by atoms with E-state index < -0.39 is 6.10 Å². The van der Waals surface area contributed by atoms with Gasteiger partial charge in [0.25, 0.3) is 0 Å². The van der Waals surface area contributed by atoms with E-state index in [9.17, 15) is 14.7 Å². The average Bonchev–Trinajstić information content (AvgIpc) is 3.28. The molecule has 5 nitrogen and oxygen atoms in total.